The smallest absolute Gasteiger partial charge is 0.247 e. The van der Waals surface area contributed by atoms with E-state index < -0.39 is 24.2 Å². The number of nitrogens with zero attached hydrogens (tertiary/aromatic N) is 1. The van der Waals surface area contributed by atoms with Crippen molar-refractivity contribution in [2.24, 2.45) is 5.92 Å². The molecule has 3 rings (SSSR count). The summed E-state index contributed by atoms with van der Waals surface area (Å²) in [5.74, 6) is -0.547. The molecule has 2 aliphatic rings. The number of hydrogen-bond donors (Lipinski definition) is 3. The van der Waals surface area contributed by atoms with E-state index in [4.69, 9.17) is 9.47 Å². The van der Waals surface area contributed by atoms with Crippen molar-refractivity contribution in [3.05, 3.63) is 41.5 Å². The number of fused-ring (bicyclic) bond motifs is 3. The maximum absolute atomic E-state index is 13.1. The molecular weight excluding hydrogens is 424 g/mol. The first-order valence-electron chi connectivity index (χ1n) is 11.7. The van der Waals surface area contributed by atoms with Gasteiger partial charge in [0.25, 0.3) is 0 Å². The zero-order chi connectivity index (χ0) is 24.1. The fourth-order valence-corrected chi connectivity index (χ4v) is 4.48. The average Bonchev–Trinajstić information content (AvgIpc) is 3.18. The topological polar surface area (TPSA) is 108 Å². The van der Waals surface area contributed by atoms with Gasteiger partial charge in [-0.3, -0.25) is 9.59 Å². The predicted molar refractivity (Wildman–Crippen MR) is 124 cm³/mol. The summed E-state index contributed by atoms with van der Waals surface area (Å²) in [5.41, 5.74) is 1.27. The third-order valence-electron chi connectivity index (χ3n) is 6.01. The third kappa shape index (κ3) is 5.57. The minimum absolute atomic E-state index is 0.0902. The zero-order valence-corrected chi connectivity index (χ0v) is 19.9. The van der Waals surface area contributed by atoms with Crippen molar-refractivity contribution in [3.63, 3.8) is 0 Å². The highest BCUT2D eigenvalue weighted by atomic mass is 16.5. The second-order valence-electron chi connectivity index (χ2n) is 9.14. The van der Waals surface area contributed by atoms with Crippen LogP contribution in [0.5, 0.6) is 5.75 Å². The number of rotatable bonds is 10. The summed E-state index contributed by atoms with van der Waals surface area (Å²) in [6, 6.07) is 6.71. The molecule has 0 fully saturated rings. The lowest BCUT2D eigenvalue weighted by Gasteiger charge is -2.41. The van der Waals surface area contributed by atoms with Gasteiger partial charge in [0.1, 0.15) is 18.0 Å². The van der Waals surface area contributed by atoms with E-state index in [1.165, 1.54) is 0 Å². The van der Waals surface area contributed by atoms with Gasteiger partial charge in [-0.2, -0.15) is 0 Å². The molecule has 182 valence electrons. The number of carbonyl (C=O) groups excluding carboxylic acids is 2. The number of para-hydroxylation sites is 1. The van der Waals surface area contributed by atoms with E-state index in [0.717, 1.165) is 5.56 Å². The Labute approximate surface area is 195 Å². The van der Waals surface area contributed by atoms with Crippen LogP contribution in [0.4, 0.5) is 0 Å². The second-order valence-corrected chi connectivity index (χ2v) is 9.14. The third-order valence-corrected chi connectivity index (χ3v) is 6.01. The highest BCUT2D eigenvalue weighted by molar-refractivity contribution is 5.96. The number of aliphatic hydroxyl groups excluding tert-OH is 2. The summed E-state index contributed by atoms with van der Waals surface area (Å²) in [7, 11) is 0. The van der Waals surface area contributed by atoms with E-state index in [2.05, 4.69) is 5.32 Å². The number of hydrogen-bond acceptors (Lipinski definition) is 6. The van der Waals surface area contributed by atoms with E-state index in [1.807, 2.05) is 52.0 Å². The lowest BCUT2D eigenvalue weighted by molar-refractivity contribution is -0.140. The summed E-state index contributed by atoms with van der Waals surface area (Å²) >= 11 is 0. The van der Waals surface area contributed by atoms with Crippen LogP contribution in [-0.2, 0) is 14.3 Å². The van der Waals surface area contributed by atoms with Crippen LogP contribution in [0, 0.1) is 5.92 Å². The summed E-state index contributed by atoms with van der Waals surface area (Å²) in [5, 5.41) is 23.3. The standard InChI is InChI=1S/C25H36N2O6/c1-15(2)25(31)27(11-7-13-32-16(3)4)19-14-18(24(30)26-10-12-28)21-17-8-5-6-9-20(17)33-23(21)22(19)29/h5-6,8-9,14-16,19,21-23,28-29H,7,10-13H2,1-4H3,(H,26,30). The van der Waals surface area contributed by atoms with Crippen LogP contribution in [0.3, 0.4) is 0 Å². The molecule has 1 aromatic carbocycles. The molecule has 33 heavy (non-hydrogen) atoms. The molecule has 1 heterocycles. The zero-order valence-electron chi connectivity index (χ0n) is 19.9. The lowest BCUT2D eigenvalue weighted by Crippen LogP contribution is -2.56. The van der Waals surface area contributed by atoms with Gasteiger partial charge in [0.2, 0.25) is 11.8 Å². The van der Waals surface area contributed by atoms with Crippen LogP contribution in [0.1, 0.15) is 45.6 Å². The quantitative estimate of drug-likeness (QED) is 0.458. The fourth-order valence-electron chi connectivity index (χ4n) is 4.48. The number of benzene rings is 1. The van der Waals surface area contributed by atoms with Crippen LogP contribution in [-0.4, -0.2) is 77.6 Å². The van der Waals surface area contributed by atoms with Gasteiger partial charge in [0.15, 0.2) is 0 Å². The van der Waals surface area contributed by atoms with Gasteiger partial charge in [0.05, 0.1) is 24.7 Å². The Bertz CT molecular complexity index is 868. The molecule has 2 amide bonds. The lowest BCUT2D eigenvalue weighted by atomic mass is 9.77. The van der Waals surface area contributed by atoms with Crippen molar-refractivity contribution in [1.82, 2.24) is 10.2 Å². The Morgan fingerprint density at radius 3 is 2.61 bits per heavy atom. The van der Waals surface area contributed by atoms with Gasteiger partial charge in [-0.15, -0.1) is 0 Å². The Hall–Kier alpha value is -2.42. The van der Waals surface area contributed by atoms with Crippen LogP contribution < -0.4 is 10.1 Å². The molecule has 1 aliphatic heterocycles. The molecule has 1 aliphatic carbocycles. The van der Waals surface area contributed by atoms with Crippen molar-refractivity contribution in [3.8, 4) is 5.75 Å². The molecule has 0 aromatic heterocycles. The fraction of sp³-hybridized carbons (Fsp3) is 0.600. The van der Waals surface area contributed by atoms with Gasteiger partial charge in [-0.05, 0) is 32.4 Å². The summed E-state index contributed by atoms with van der Waals surface area (Å²) < 4.78 is 11.7. The highest BCUT2D eigenvalue weighted by Crippen LogP contribution is 2.47. The number of nitrogens with one attached hydrogen (secondary N) is 1. The maximum Gasteiger partial charge on any atom is 0.247 e. The Kier molecular flexibility index (Phi) is 8.51. The maximum atomic E-state index is 13.1. The molecule has 0 saturated heterocycles. The molecule has 0 radical (unpaired) electrons. The van der Waals surface area contributed by atoms with Crippen LogP contribution >= 0.6 is 0 Å². The largest absolute Gasteiger partial charge is 0.486 e. The van der Waals surface area contributed by atoms with Crippen LogP contribution in [0.2, 0.25) is 0 Å². The van der Waals surface area contributed by atoms with Gasteiger partial charge in [0, 0.05) is 36.8 Å². The van der Waals surface area contributed by atoms with E-state index in [0.29, 0.717) is 30.9 Å². The van der Waals surface area contributed by atoms with Crippen molar-refractivity contribution >= 4 is 11.8 Å². The van der Waals surface area contributed by atoms with Gasteiger partial charge < -0.3 is 29.9 Å². The van der Waals surface area contributed by atoms with Gasteiger partial charge in [-0.25, -0.2) is 0 Å². The first-order chi connectivity index (χ1) is 15.8. The first kappa shape index (κ1) is 25.2. The van der Waals surface area contributed by atoms with Crippen LogP contribution in [0.25, 0.3) is 0 Å². The summed E-state index contributed by atoms with van der Waals surface area (Å²) in [6.45, 7) is 8.36. The molecule has 8 heteroatoms. The van der Waals surface area contributed by atoms with Gasteiger partial charge >= 0.3 is 0 Å². The number of carbonyl (C=O) groups is 2. The normalized spacial score (nSPS) is 23.6. The van der Waals surface area contributed by atoms with Crippen LogP contribution in [0.15, 0.2) is 35.9 Å². The molecule has 4 unspecified atom stereocenters. The van der Waals surface area contributed by atoms with E-state index in [9.17, 15) is 19.8 Å². The number of ether oxygens (including phenoxy) is 2. The molecule has 4 atom stereocenters. The number of aliphatic hydroxyl groups is 2. The number of amides is 2. The SMILES string of the molecule is CC(C)OCCCN(C(=O)C(C)C)C1C=C(C(=O)NCCO)C2c3ccccc3OC2C1O. The first-order valence-corrected chi connectivity index (χ1v) is 11.7. The van der Waals surface area contributed by atoms with E-state index in [1.54, 1.807) is 11.0 Å². The second kappa shape index (κ2) is 11.1. The molecule has 1 aromatic rings. The van der Waals surface area contributed by atoms with Gasteiger partial charge in [-0.1, -0.05) is 32.0 Å². The average molecular weight is 461 g/mol. The minimum atomic E-state index is -1.01. The van der Waals surface area contributed by atoms with Crippen molar-refractivity contribution in [2.45, 2.75) is 64.4 Å². The summed E-state index contributed by atoms with van der Waals surface area (Å²) in [6.07, 6.45) is 0.697. The predicted octanol–water partition coefficient (Wildman–Crippen LogP) is 1.61. The molecular formula is C25H36N2O6. The molecule has 0 saturated carbocycles. The Balaban J connectivity index is 1.96. The molecule has 8 nitrogen and oxygen atoms in total. The monoisotopic (exact) mass is 460 g/mol. The molecule has 0 spiro atoms. The van der Waals surface area contributed by atoms with E-state index >= 15 is 0 Å². The minimum Gasteiger partial charge on any atom is -0.486 e. The molecule has 3 N–H and O–H groups in total. The van der Waals surface area contributed by atoms with Crippen molar-refractivity contribution in [2.75, 3.05) is 26.3 Å². The highest BCUT2D eigenvalue weighted by Gasteiger charge is 2.50. The van der Waals surface area contributed by atoms with Crippen molar-refractivity contribution < 1.29 is 29.3 Å². The van der Waals surface area contributed by atoms with E-state index in [-0.39, 0.29) is 37.0 Å². The Morgan fingerprint density at radius 1 is 1.21 bits per heavy atom. The Morgan fingerprint density at radius 2 is 1.94 bits per heavy atom. The molecule has 0 bridgehead atoms. The van der Waals surface area contributed by atoms with Crippen molar-refractivity contribution in [1.29, 1.82) is 0 Å². The summed E-state index contributed by atoms with van der Waals surface area (Å²) in [4.78, 5) is 27.9.